The van der Waals surface area contributed by atoms with Gasteiger partial charge in [-0.15, -0.1) is 0 Å². The molecule has 0 aromatic heterocycles. The molecule has 2 fully saturated rings. The predicted molar refractivity (Wildman–Crippen MR) is 134 cm³/mol. The largest absolute Gasteiger partial charge is 0.340 e. The summed E-state index contributed by atoms with van der Waals surface area (Å²) in [4.78, 5) is 17.7. The molecule has 1 amide bonds. The maximum absolute atomic E-state index is 13.2. The quantitative estimate of drug-likeness (QED) is 0.570. The molecule has 0 spiro atoms. The fourth-order valence-electron chi connectivity index (χ4n) is 4.43. The van der Waals surface area contributed by atoms with Crippen LogP contribution in [0.15, 0.2) is 70.0 Å². The van der Waals surface area contributed by atoms with Crippen LogP contribution in [-0.4, -0.2) is 74.2 Å². The smallest absolute Gasteiger partial charge is 0.243 e. The van der Waals surface area contributed by atoms with Crippen LogP contribution in [0, 0.1) is 5.92 Å². The molecule has 0 unspecified atom stereocenters. The van der Waals surface area contributed by atoms with E-state index in [0.29, 0.717) is 26.1 Å². The van der Waals surface area contributed by atoms with E-state index >= 15 is 0 Å². The second-order valence-corrected chi connectivity index (χ2v) is 11.4. The molecule has 0 N–H and O–H groups in total. The van der Waals surface area contributed by atoms with Crippen LogP contribution >= 0.6 is 15.9 Å². The Hall–Kier alpha value is -2.00. The molecular formula is C25H30BrN3O3S. The SMILES string of the molecule is O=C([C@@H]1CCCN(S(=O)(=O)c2ccc(Br)cc2)C1)N1CCN(C/C=C/c2ccccc2)CC1. The minimum atomic E-state index is -3.59. The molecule has 6 nitrogen and oxygen atoms in total. The van der Waals surface area contributed by atoms with Crippen LogP contribution in [0.25, 0.3) is 6.08 Å². The first-order chi connectivity index (χ1) is 15.9. The van der Waals surface area contributed by atoms with Crippen LogP contribution in [0.1, 0.15) is 18.4 Å². The maximum Gasteiger partial charge on any atom is 0.243 e. The fraction of sp³-hybridized carbons (Fsp3) is 0.400. The molecule has 2 heterocycles. The summed E-state index contributed by atoms with van der Waals surface area (Å²) in [6, 6.07) is 16.9. The van der Waals surface area contributed by atoms with Gasteiger partial charge < -0.3 is 4.90 Å². The molecule has 33 heavy (non-hydrogen) atoms. The summed E-state index contributed by atoms with van der Waals surface area (Å²) in [5.41, 5.74) is 1.19. The lowest BCUT2D eigenvalue weighted by molar-refractivity contribution is -0.138. The zero-order valence-corrected chi connectivity index (χ0v) is 21.0. The first kappa shape index (κ1) is 24.1. The Morgan fingerprint density at radius 2 is 1.67 bits per heavy atom. The lowest BCUT2D eigenvalue weighted by atomic mass is 9.98. The van der Waals surface area contributed by atoms with Crippen molar-refractivity contribution in [2.24, 2.45) is 5.92 Å². The molecule has 8 heteroatoms. The summed E-state index contributed by atoms with van der Waals surface area (Å²) in [5.74, 6) is -0.182. The van der Waals surface area contributed by atoms with E-state index in [2.05, 4.69) is 45.1 Å². The van der Waals surface area contributed by atoms with Crippen molar-refractivity contribution in [2.45, 2.75) is 17.7 Å². The summed E-state index contributed by atoms with van der Waals surface area (Å²) in [7, 11) is -3.59. The van der Waals surface area contributed by atoms with Crippen LogP contribution in [0.2, 0.25) is 0 Å². The maximum atomic E-state index is 13.2. The number of hydrogen-bond acceptors (Lipinski definition) is 4. The third kappa shape index (κ3) is 6.12. The van der Waals surface area contributed by atoms with E-state index < -0.39 is 10.0 Å². The van der Waals surface area contributed by atoms with Gasteiger partial charge in [-0.25, -0.2) is 8.42 Å². The number of rotatable bonds is 6. The Kier molecular flexibility index (Phi) is 8.01. The van der Waals surface area contributed by atoms with Crippen LogP contribution in [0.5, 0.6) is 0 Å². The zero-order valence-electron chi connectivity index (χ0n) is 18.6. The molecular weight excluding hydrogens is 502 g/mol. The van der Waals surface area contributed by atoms with Gasteiger partial charge in [-0.2, -0.15) is 4.31 Å². The van der Waals surface area contributed by atoms with Crippen molar-refractivity contribution < 1.29 is 13.2 Å². The average Bonchev–Trinajstić information content (AvgIpc) is 2.85. The standard InChI is InChI=1S/C25H30BrN3O3S/c26-23-10-12-24(13-11-23)33(31,32)29-15-5-9-22(20-29)25(30)28-18-16-27(17-19-28)14-4-8-21-6-2-1-3-7-21/h1-4,6-8,10-13,22H,5,9,14-20H2/b8-4+/t22-/m1/s1. The molecule has 0 aliphatic carbocycles. The second-order valence-electron chi connectivity index (χ2n) is 8.60. The number of halogens is 1. The molecule has 0 radical (unpaired) electrons. The summed E-state index contributed by atoms with van der Waals surface area (Å²) in [6.07, 6.45) is 5.74. The van der Waals surface area contributed by atoms with E-state index in [1.807, 2.05) is 23.1 Å². The Morgan fingerprint density at radius 3 is 2.36 bits per heavy atom. The van der Waals surface area contributed by atoms with Gasteiger partial charge in [0.25, 0.3) is 0 Å². The van der Waals surface area contributed by atoms with Gasteiger partial charge in [0.15, 0.2) is 0 Å². The Balaban J connectivity index is 1.29. The molecule has 4 rings (SSSR count). The number of hydrogen-bond donors (Lipinski definition) is 0. The molecule has 0 saturated carbocycles. The Labute approximate surface area is 205 Å². The number of benzene rings is 2. The number of nitrogens with zero attached hydrogens (tertiary/aromatic N) is 3. The first-order valence-corrected chi connectivity index (χ1v) is 13.7. The van der Waals surface area contributed by atoms with Crippen LogP contribution < -0.4 is 0 Å². The molecule has 0 bridgehead atoms. The third-order valence-electron chi connectivity index (χ3n) is 6.34. The van der Waals surface area contributed by atoms with Crippen LogP contribution in [0.3, 0.4) is 0 Å². The van der Waals surface area contributed by atoms with Gasteiger partial charge in [0.2, 0.25) is 15.9 Å². The number of amides is 1. The first-order valence-electron chi connectivity index (χ1n) is 11.4. The van der Waals surface area contributed by atoms with Crippen molar-refractivity contribution in [3.05, 3.63) is 70.7 Å². The van der Waals surface area contributed by atoms with Crippen LogP contribution in [0.4, 0.5) is 0 Å². The van der Waals surface area contributed by atoms with Gasteiger partial charge >= 0.3 is 0 Å². The molecule has 2 saturated heterocycles. The highest BCUT2D eigenvalue weighted by Crippen LogP contribution is 2.26. The van der Waals surface area contributed by atoms with Gasteiger partial charge in [0, 0.05) is 50.3 Å². The number of carbonyl (C=O) groups is 1. The van der Waals surface area contributed by atoms with E-state index in [9.17, 15) is 13.2 Å². The zero-order chi connectivity index (χ0) is 23.3. The van der Waals surface area contributed by atoms with Crippen molar-refractivity contribution in [1.29, 1.82) is 0 Å². The lowest BCUT2D eigenvalue weighted by Gasteiger charge is -2.38. The second kappa shape index (κ2) is 11.0. The van der Waals surface area contributed by atoms with Gasteiger partial charge in [-0.3, -0.25) is 9.69 Å². The minimum Gasteiger partial charge on any atom is -0.340 e. The number of sulfonamides is 1. The third-order valence-corrected chi connectivity index (χ3v) is 8.75. The number of piperidine rings is 1. The highest BCUT2D eigenvalue weighted by molar-refractivity contribution is 9.10. The Morgan fingerprint density at radius 1 is 0.970 bits per heavy atom. The number of carbonyl (C=O) groups excluding carboxylic acids is 1. The van der Waals surface area contributed by atoms with Crippen molar-refractivity contribution in [1.82, 2.24) is 14.1 Å². The summed E-state index contributed by atoms with van der Waals surface area (Å²) < 4.78 is 28.4. The molecule has 1 atom stereocenters. The van der Waals surface area contributed by atoms with Gasteiger partial charge in [-0.1, -0.05) is 58.4 Å². The molecule has 176 valence electrons. The van der Waals surface area contributed by atoms with E-state index in [1.165, 1.54) is 9.87 Å². The topological polar surface area (TPSA) is 60.9 Å². The van der Waals surface area contributed by atoms with Crippen LogP contribution in [-0.2, 0) is 14.8 Å². The van der Waals surface area contributed by atoms with Gasteiger partial charge in [0.1, 0.15) is 0 Å². The highest BCUT2D eigenvalue weighted by Gasteiger charge is 2.35. The molecule has 2 aliphatic rings. The van der Waals surface area contributed by atoms with E-state index in [4.69, 9.17) is 0 Å². The summed E-state index contributed by atoms with van der Waals surface area (Å²) >= 11 is 3.34. The summed E-state index contributed by atoms with van der Waals surface area (Å²) in [5, 5.41) is 0. The monoisotopic (exact) mass is 531 g/mol. The van der Waals surface area contributed by atoms with Crippen molar-refractivity contribution >= 4 is 37.9 Å². The van der Waals surface area contributed by atoms with E-state index in [0.717, 1.165) is 30.5 Å². The molecule has 2 aliphatic heterocycles. The highest BCUT2D eigenvalue weighted by atomic mass is 79.9. The minimum absolute atomic E-state index is 0.0881. The number of piperazine rings is 1. The normalized spacial score (nSPS) is 20.9. The van der Waals surface area contributed by atoms with Gasteiger partial charge in [0.05, 0.1) is 10.8 Å². The van der Waals surface area contributed by atoms with E-state index in [-0.39, 0.29) is 23.3 Å². The summed E-state index contributed by atoms with van der Waals surface area (Å²) in [6.45, 7) is 4.62. The molecule has 2 aromatic carbocycles. The average molecular weight is 533 g/mol. The van der Waals surface area contributed by atoms with Crippen molar-refractivity contribution in [2.75, 3.05) is 45.8 Å². The van der Waals surface area contributed by atoms with E-state index in [1.54, 1.807) is 24.3 Å². The van der Waals surface area contributed by atoms with Crippen molar-refractivity contribution in [3.8, 4) is 0 Å². The fourth-order valence-corrected chi connectivity index (χ4v) is 6.22. The predicted octanol–water partition coefficient (Wildman–Crippen LogP) is 3.71. The Bertz CT molecular complexity index is 1070. The molecule has 2 aromatic rings. The lowest BCUT2D eigenvalue weighted by Crippen LogP contribution is -2.53. The van der Waals surface area contributed by atoms with Crippen molar-refractivity contribution in [3.63, 3.8) is 0 Å². The van der Waals surface area contributed by atoms with Gasteiger partial charge in [-0.05, 0) is 42.7 Å².